The Balaban J connectivity index is 1.95. The summed E-state index contributed by atoms with van der Waals surface area (Å²) in [5.74, 6) is -0.758. The molecule has 1 aliphatic rings. The first-order valence-electron chi connectivity index (χ1n) is 7.17. The molecular weight excluding hydrogens is 366 g/mol. The van der Waals surface area contributed by atoms with Gasteiger partial charge in [0.25, 0.3) is 0 Å². The molecule has 1 fully saturated rings. The Hall–Kier alpha value is -1.45. The van der Waals surface area contributed by atoms with Crippen LogP contribution in [0.3, 0.4) is 0 Å². The average Bonchev–Trinajstić information content (AvgIpc) is 2.49. The normalized spacial score (nSPS) is 17.0. The van der Waals surface area contributed by atoms with Crippen LogP contribution in [0.25, 0.3) is 0 Å². The molecule has 0 saturated carbocycles. The van der Waals surface area contributed by atoms with Gasteiger partial charge in [0.05, 0.1) is 11.3 Å². The van der Waals surface area contributed by atoms with Gasteiger partial charge in [-0.1, -0.05) is 11.6 Å². The van der Waals surface area contributed by atoms with E-state index < -0.39 is 16.6 Å². The number of sulfonamides is 1. The van der Waals surface area contributed by atoms with Gasteiger partial charge >= 0.3 is 6.61 Å². The van der Waals surface area contributed by atoms with Gasteiger partial charge in [-0.2, -0.15) is 8.78 Å². The molecule has 0 aliphatic carbocycles. The zero-order chi connectivity index (χ0) is 17.9. The fourth-order valence-electron chi connectivity index (χ4n) is 2.46. The van der Waals surface area contributed by atoms with E-state index in [0.29, 0.717) is 31.6 Å². The first kappa shape index (κ1) is 18.9. The molecule has 0 atom stereocenters. The standard InChI is InChI=1S/C14H17ClF2N2O4S/c1-24(21,22)19-6-4-9(5-7-19)13(20)18-10-2-3-12(11(15)8-10)23-14(16)17/h2-3,8-9,14H,4-7H2,1H3,(H,18,20). The Morgan fingerprint density at radius 2 is 2.00 bits per heavy atom. The predicted octanol–water partition coefficient (Wildman–Crippen LogP) is 2.55. The Kier molecular flexibility index (Phi) is 6.00. The number of anilines is 1. The lowest BCUT2D eigenvalue weighted by molar-refractivity contribution is -0.120. The highest BCUT2D eigenvalue weighted by molar-refractivity contribution is 7.88. The smallest absolute Gasteiger partial charge is 0.387 e. The molecule has 6 nitrogen and oxygen atoms in total. The Labute approximate surface area is 143 Å². The van der Waals surface area contributed by atoms with Crippen LogP contribution in [0.1, 0.15) is 12.8 Å². The van der Waals surface area contributed by atoms with E-state index in [4.69, 9.17) is 11.6 Å². The number of benzene rings is 1. The molecule has 0 bridgehead atoms. The van der Waals surface area contributed by atoms with Gasteiger partial charge in [-0.05, 0) is 31.0 Å². The van der Waals surface area contributed by atoms with Crippen molar-refractivity contribution in [1.29, 1.82) is 0 Å². The fourth-order valence-corrected chi connectivity index (χ4v) is 3.56. The van der Waals surface area contributed by atoms with E-state index in [2.05, 4.69) is 10.1 Å². The van der Waals surface area contributed by atoms with Crippen molar-refractivity contribution in [1.82, 2.24) is 4.31 Å². The number of rotatable bonds is 5. The monoisotopic (exact) mass is 382 g/mol. The average molecular weight is 383 g/mol. The van der Waals surface area contributed by atoms with Crippen LogP contribution >= 0.6 is 11.6 Å². The van der Waals surface area contributed by atoms with Gasteiger partial charge in [-0.25, -0.2) is 12.7 Å². The number of carbonyl (C=O) groups is 1. The van der Waals surface area contributed by atoms with Crippen LogP contribution in [0.2, 0.25) is 5.02 Å². The summed E-state index contributed by atoms with van der Waals surface area (Å²) in [6.45, 7) is -2.40. The number of ether oxygens (including phenoxy) is 1. The van der Waals surface area contributed by atoms with Crippen molar-refractivity contribution in [2.45, 2.75) is 19.5 Å². The minimum atomic E-state index is -3.25. The molecular formula is C14H17ClF2N2O4S. The number of halogens is 3. The van der Waals surface area contributed by atoms with Gasteiger partial charge in [-0.15, -0.1) is 0 Å². The van der Waals surface area contributed by atoms with E-state index >= 15 is 0 Å². The molecule has 0 spiro atoms. The number of amides is 1. The second-order valence-electron chi connectivity index (χ2n) is 5.45. The van der Waals surface area contributed by atoms with Gasteiger partial charge in [0, 0.05) is 24.7 Å². The molecule has 24 heavy (non-hydrogen) atoms. The van der Waals surface area contributed by atoms with E-state index in [1.165, 1.54) is 22.5 Å². The summed E-state index contributed by atoms with van der Waals surface area (Å²) in [7, 11) is -3.25. The molecule has 2 rings (SSSR count). The number of nitrogens with zero attached hydrogens (tertiary/aromatic N) is 1. The number of hydrogen-bond donors (Lipinski definition) is 1. The topological polar surface area (TPSA) is 75.7 Å². The molecule has 1 aliphatic heterocycles. The van der Waals surface area contributed by atoms with Crippen LogP contribution in [0.4, 0.5) is 14.5 Å². The third-order valence-corrected chi connectivity index (χ3v) is 5.31. The number of carbonyl (C=O) groups excluding carboxylic acids is 1. The second kappa shape index (κ2) is 7.62. The molecule has 1 aromatic rings. The van der Waals surface area contributed by atoms with Crippen LogP contribution in [-0.2, 0) is 14.8 Å². The zero-order valence-electron chi connectivity index (χ0n) is 12.8. The van der Waals surface area contributed by atoms with Gasteiger partial charge in [0.15, 0.2) is 0 Å². The van der Waals surface area contributed by atoms with E-state index in [0.717, 1.165) is 6.26 Å². The number of piperidine rings is 1. The largest absolute Gasteiger partial charge is 0.433 e. The third-order valence-electron chi connectivity index (χ3n) is 3.71. The minimum Gasteiger partial charge on any atom is -0.433 e. The minimum absolute atomic E-state index is 0.0417. The first-order valence-corrected chi connectivity index (χ1v) is 9.40. The van der Waals surface area contributed by atoms with Crippen molar-refractivity contribution >= 4 is 33.2 Å². The highest BCUT2D eigenvalue weighted by Gasteiger charge is 2.29. The molecule has 0 aromatic heterocycles. The Morgan fingerprint density at radius 3 is 2.50 bits per heavy atom. The van der Waals surface area contributed by atoms with Crippen molar-refractivity contribution in [3.05, 3.63) is 23.2 Å². The summed E-state index contributed by atoms with van der Waals surface area (Å²) in [5.41, 5.74) is 0.358. The first-order chi connectivity index (χ1) is 11.2. The third kappa shape index (κ3) is 5.02. The lowest BCUT2D eigenvalue weighted by atomic mass is 9.97. The maximum atomic E-state index is 12.2. The van der Waals surface area contributed by atoms with Crippen LogP contribution in [0.5, 0.6) is 5.75 Å². The van der Waals surface area contributed by atoms with Gasteiger partial charge < -0.3 is 10.1 Å². The van der Waals surface area contributed by atoms with E-state index in [9.17, 15) is 22.0 Å². The summed E-state index contributed by atoms with van der Waals surface area (Å²) in [6.07, 6.45) is 1.97. The quantitative estimate of drug-likeness (QED) is 0.849. The highest BCUT2D eigenvalue weighted by Crippen LogP contribution is 2.29. The number of nitrogens with one attached hydrogen (secondary N) is 1. The van der Waals surface area contributed by atoms with E-state index in [1.807, 2.05) is 0 Å². The summed E-state index contributed by atoms with van der Waals surface area (Å²) in [6, 6.07) is 3.98. The van der Waals surface area contributed by atoms with Crippen LogP contribution < -0.4 is 10.1 Å². The van der Waals surface area contributed by atoms with Crippen LogP contribution in [0, 0.1) is 5.92 Å². The Morgan fingerprint density at radius 1 is 1.38 bits per heavy atom. The maximum Gasteiger partial charge on any atom is 0.387 e. The van der Waals surface area contributed by atoms with Crippen molar-refractivity contribution < 1.29 is 26.7 Å². The van der Waals surface area contributed by atoms with Gasteiger partial charge in [-0.3, -0.25) is 4.79 Å². The second-order valence-corrected chi connectivity index (χ2v) is 7.84. The van der Waals surface area contributed by atoms with Crippen molar-refractivity contribution in [3.8, 4) is 5.75 Å². The van der Waals surface area contributed by atoms with Crippen molar-refractivity contribution in [2.75, 3.05) is 24.7 Å². The van der Waals surface area contributed by atoms with E-state index in [1.54, 1.807) is 0 Å². The van der Waals surface area contributed by atoms with E-state index in [-0.39, 0.29) is 22.6 Å². The lowest BCUT2D eigenvalue weighted by Gasteiger charge is -2.29. The zero-order valence-corrected chi connectivity index (χ0v) is 14.4. The number of hydrogen-bond acceptors (Lipinski definition) is 4. The maximum absolute atomic E-state index is 12.2. The molecule has 10 heteroatoms. The molecule has 1 N–H and O–H groups in total. The van der Waals surface area contributed by atoms with Crippen molar-refractivity contribution in [2.24, 2.45) is 5.92 Å². The van der Waals surface area contributed by atoms with Gasteiger partial charge in [0.1, 0.15) is 5.75 Å². The highest BCUT2D eigenvalue weighted by atomic mass is 35.5. The van der Waals surface area contributed by atoms with Crippen LogP contribution in [0.15, 0.2) is 18.2 Å². The molecule has 1 saturated heterocycles. The summed E-state index contributed by atoms with van der Waals surface area (Å²) in [4.78, 5) is 12.2. The van der Waals surface area contributed by atoms with Crippen LogP contribution in [-0.4, -0.2) is 44.6 Å². The fraction of sp³-hybridized carbons (Fsp3) is 0.500. The molecule has 1 amide bonds. The molecule has 0 unspecified atom stereocenters. The number of alkyl halides is 2. The lowest BCUT2D eigenvalue weighted by Crippen LogP contribution is -2.40. The molecule has 134 valence electrons. The molecule has 1 heterocycles. The summed E-state index contributed by atoms with van der Waals surface area (Å²) < 4.78 is 52.8. The summed E-state index contributed by atoms with van der Waals surface area (Å²) in [5, 5.41) is 2.61. The summed E-state index contributed by atoms with van der Waals surface area (Å²) >= 11 is 5.83. The predicted molar refractivity (Wildman–Crippen MR) is 85.9 cm³/mol. The van der Waals surface area contributed by atoms with Crippen molar-refractivity contribution in [3.63, 3.8) is 0 Å². The Bertz CT molecular complexity index is 707. The molecule has 1 aromatic carbocycles. The molecule has 0 radical (unpaired) electrons. The van der Waals surface area contributed by atoms with Gasteiger partial charge in [0.2, 0.25) is 15.9 Å². The SMILES string of the molecule is CS(=O)(=O)N1CCC(C(=O)Nc2ccc(OC(F)F)c(Cl)c2)CC1.